The van der Waals surface area contributed by atoms with Crippen LogP contribution in [0.2, 0.25) is 0 Å². The Morgan fingerprint density at radius 3 is 1.09 bits per heavy atom. The zero-order valence-corrected chi connectivity index (χ0v) is 21.5. The molecular weight excluding hydrogens is 413 g/mol. The number of aryl methyl sites for hydroxylation is 9. The van der Waals surface area contributed by atoms with Gasteiger partial charge in [-0.05, 0) is 37.5 Å². The van der Waals surface area contributed by atoms with Gasteiger partial charge in [-0.15, -0.1) is 0 Å². The first-order valence-corrected chi connectivity index (χ1v) is 13.8. The molecule has 3 aromatic heterocycles. The van der Waals surface area contributed by atoms with E-state index in [1.54, 1.807) is 0 Å². The van der Waals surface area contributed by atoms with Gasteiger partial charge in [-0.25, -0.2) is 13.7 Å². The lowest BCUT2D eigenvalue weighted by atomic mass is 10.2. The summed E-state index contributed by atoms with van der Waals surface area (Å²) >= 11 is 0. The maximum Gasteiger partial charge on any atom is 0.177 e. The molecule has 0 aliphatic carbocycles. The molecule has 0 spiro atoms. The molecule has 0 amide bonds. The molecule has 0 aromatic carbocycles. The molecule has 0 aliphatic heterocycles. The Balaban J connectivity index is 1.74. The molecule has 0 atom stereocenters. The molecule has 170 valence electrons. The van der Waals surface area contributed by atoms with Crippen molar-refractivity contribution in [2.24, 2.45) is 21.1 Å². The Bertz CT molecular complexity index is 998. The highest BCUT2D eigenvalue weighted by Gasteiger charge is 2.23. The Kier molecular flexibility index (Phi) is 8.00. The Hall–Kier alpha value is -2.32. The third kappa shape index (κ3) is 6.59. The molecule has 3 rings (SSSR count). The van der Waals surface area contributed by atoms with Crippen LogP contribution in [-0.4, -0.2) is 18.5 Å². The van der Waals surface area contributed by atoms with Crippen molar-refractivity contribution in [3.05, 3.63) is 88.8 Å². The highest BCUT2D eigenvalue weighted by atomic mass is 31.2. The van der Waals surface area contributed by atoms with Gasteiger partial charge in [0.05, 0.1) is 7.14 Å². The second-order valence-electron chi connectivity index (χ2n) is 9.35. The predicted molar refractivity (Wildman–Crippen MR) is 130 cm³/mol. The molecule has 3 heterocycles. The van der Waals surface area contributed by atoms with Crippen molar-refractivity contribution in [3.63, 3.8) is 0 Å². The maximum absolute atomic E-state index is 14.2. The lowest BCUT2D eigenvalue weighted by Gasteiger charge is -2.18. The van der Waals surface area contributed by atoms with Crippen molar-refractivity contribution < 1.29 is 18.3 Å². The van der Waals surface area contributed by atoms with Crippen molar-refractivity contribution >= 4 is 7.14 Å². The molecule has 0 aliphatic rings. The van der Waals surface area contributed by atoms with E-state index in [0.717, 1.165) is 37.7 Å². The smallest absolute Gasteiger partial charge is 0.177 e. The lowest BCUT2D eigenvalue weighted by Crippen LogP contribution is -2.32. The van der Waals surface area contributed by atoms with Crippen LogP contribution < -0.4 is 13.7 Å². The fourth-order valence-electron chi connectivity index (χ4n) is 3.99. The number of rotatable bonds is 9. The topological polar surface area (TPSA) is 28.7 Å². The lowest BCUT2D eigenvalue weighted by molar-refractivity contribution is -0.678. The SMILES string of the molecule is Cc1ccc(CCP(=O)(CCc2ccc(C)[n+](C)c2)CCc2ccc(C)[n+](C)c2)c[n+]1C. The summed E-state index contributed by atoms with van der Waals surface area (Å²) in [6.45, 7) is 6.33. The number of hydrogen-bond donors (Lipinski definition) is 0. The zero-order valence-electron chi connectivity index (χ0n) is 20.6. The van der Waals surface area contributed by atoms with Crippen molar-refractivity contribution in [1.82, 2.24) is 0 Å². The van der Waals surface area contributed by atoms with Crippen molar-refractivity contribution in [3.8, 4) is 0 Å². The van der Waals surface area contributed by atoms with E-state index in [-0.39, 0.29) is 0 Å². The fourth-order valence-corrected chi connectivity index (χ4v) is 6.66. The standard InChI is InChI=1S/C27H39N3OP/c1-22-7-10-25(19-28(22)4)13-16-32(31,17-14-26-11-8-23(2)29(5)20-26)18-15-27-12-9-24(3)30(6)21-27/h7-12,19-21H,13-18H2,1-6H3/q+3. The summed E-state index contributed by atoms with van der Waals surface area (Å²) in [6, 6.07) is 13.0. The van der Waals surface area contributed by atoms with Crippen molar-refractivity contribution in [1.29, 1.82) is 0 Å². The summed E-state index contributed by atoms with van der Waals surface area (Å²) in [5, 5.41) is 0. The summed E-state index contributed by atoms with van der Waals surface area (Å²) in [7, 11) is 3.91. The number of nitrogens with zero attached hydrogens (tertiary/aromatic N) is 3. The van der Waals surface area contributed by atoms with Gasteiger partial charge in [-0.1, -0.05) is 0 Å². The normalized spacial score (nSPS) is 11.7. The molecule has 0 radical (unpaired) electrons. The van der Waals surface area contributed by atoms with Crippen LogP contribution in [0.15, 0.2) is 55.0 Å². The Morgan fingerprint density at radius 2 is 0.844 bits per heavy atom. The van der Waals surface area contributed by atoms with Crippen molar-refractivity contribution in [2.75, 3.05) is 18.5 Å². The molecule has 0 fully saturated rings. The summed E-state index contributed by atoms with van der Waals surface area (Å²) in [5.41, 5.74) is 7.50. The van der Waals surface area contributed by atoms with Crippen LogP contribution in [0.4, 0.5) is 0 Å². The number of aromatic nitrogens is 3. The number of pyridine rings is 3. The molecule has 5 heteroatoms. The van der Waals surface area contributed by atoms with E-state index in [9.17, 15) is 4.57 Å². The quantitative estimate of drug-likeness (QED) is 0.361. The van der Waals surface area contributed by atoms with Crippen LogP contribution in [0.25, 0.3) is 0 Å². The van der Waals surface area contributed by atoms with E-state index in [1.807, 2.05) is 0 Å². The summed E-state index contributed by atoms with van der Waals surface area (Å²) in [5.74, 6) is 0. The summed E-state index contributed by atoms with van der Waals surface area (Å²) in [4.78, 5) is 0. The minimum absolute atomic E-state index is 0.770. The van der Waals surface area contributed by atoms with Crippen LogP contribution in [0.3, 0.4) is 0 Å². The van der Waals surface area contributed by atoms with Gasteiger partial charge < -0.3 is 4.57 Å². The van der Waals surface area contributed by atoms with Crippen LogP contribution in [0.1, 0.15) is 33.8 Å². The average Bonchev–Trinajstić information content (AvgIpc) is 2.76. The van der Waals surface area contributed by atoms with E-state index in [0.29, 0.717) is 0 Å². The minimum Gasteiger partial charge on any atom is -0.324 e. The van der Waals surface area contributed by atoms with Gasteiger partial charge in [0.2, 0.25) is 0 Å². The monoisotopic (exact) mass is 452 g/mol. The molecule has 0 saturated carbocycles. The third-order valence-corrected chi connectivity index (χ3v) is 9.90. The van der Waals surface area contributed by atoms with E-state index in [1.165, 1.54) is 33.8 Å². The van der Waals surface area contributed by atoms with Crippen LogP contribution in [0, 0.1) is 20.8 Å². The first-order valence-electron chi connectivity index (χ1n) is 11.6. The number of hydrogen-bond acceptors (Lipinski definition) is 1. The molecular formula is C27H39N3OP+3. The minimum atomic E-state index is -2.32. The van der Waals surface area contributed by atoms with Crippen LogP contribution >= 0.6 is 7.14 Å². The van der Waals surface area contributed by atoms with E-state index < -0.39 is 7.14 Å². The van der Waals surface area contributed by atoms with Crippen LogP contribution in [-0.2, 0) is 45.0 Å². The fraction of sp³-hybridized carbons (Fsp3) is 0.444. The molecule has 0 bridgehead atoms. The first-order chi connectivity index (χ1) is 15.1. The molecule has 0 N–H and O–H groups in total. The van der Waals surface area contributed by atoms with Gasteiger partial charge in [0, 0.05) is 74.1 Å². The Labute approximate surface area is 194 Å². The average molecular weight is 453 g/mol. The van der Waals surface area contributed by atoms with E-state index >= 15 is 0 Å². The van der Waals surface area contributed by atoms with E-state index in [2.05, 4.69) is 111 Å². The summed E-state index contributed by atoms with van der Waals surface area (Å²) in [6.07, 6.45) is 11.5. The second-order valence-corrected chi connectivity index (χ2v) is 12.8. The third-order valence-electron chi connectivity index (χ3n) is 6.79. The van der Waals surface area contributed by atoms with Crippen molar-refractivity contribution in [2.45, 2.75) is 40.0 Å². The Morgan fingerprint density at radius 1 is 0.562 bits per heavy atom. The predicted octanol–water partition coefficient (Wildman–Crippen LogP) is 3.48. The first kappa shape index (κ1) is 24.3. The highest BCUT2D eigenvalue weighted by molar-refractivity contribution is 7.63. The van der Waals surface area contributed by atoms with Gasteiger partial charge in [0.15, 0.2) is 35.7 Å². The zero-order chi connectivity index (χ0) is 23.3. The maximum atomic E-state index is 14.2. The van der Waals surface area contributed by atoms with Gasteiger partial charge in [-0.3, -0.25) is 0 Å². The second kappa shape index (κ2) is 10.5. The molecule has 32 heavy (non-hydrogen) atoms. The molecule has 3 aromatic rings. The van der Waals surface area contributed by atoms with E-state index in [4.69, 9.17) is 0 Å². The highest BCUT2D eigenvalue weighted by Crippen LogP contribution is 2.47. The van der Waals surface area contributed by atoms with Gasteiger partial charge in [0.1, 0.15) is 21.1 Å². The van der Waals surface area contributed by atoms with Gasteiger partial charge >= 0.3 is 0 Å². The molecule has 0 saturated heterocycles. The van der Waals surface area contributed by atoms with Crippen LogP contribution in [0.5, 0.6) is 0 Å². The van der Waals surface area contributed by atoms with Gasteiger partial charge in [-0.2, -0.15) is 0 Å². The largest absolute Gasteiger partial charge is 0.324 e. The molecule has 4 nitrogen and oxygen atoms in total. The molecule has 0 unspecified atom stereocenters. The van der Waals surface area contributed by atoms with Gasteiger partial charge in [0.25, 0.3) is 0 Å². The summed E-state index contributed by atoms with van der Waals surface area (Å²) < 4.78 is 20.6.